The van der Waals surface area contributed by atoms with Crippen LogP contribution < -0.4 is 56.7 Å². The number of benzene rings is 1. The van der Waals surface area contributed by atoms with Crippen LogP contribution in [-0.4, -0.2) is 20.1 Å². The van der Waals surface area contributed by atoms with Crippen molar-refractivity contribution in [2.75, 3.05) is 13.1 Å². The van der Waals surface area contributed by atoms with E-state index in [1.165, 1.54) is 0 Å². The largest absolute Gasteiger partial charge is 1.00 e. The first-order valence-electron chi connectivity index (χ1n) is 5.05. The van der Waals surface area contributed by atoms with Gasteiger partial charge < -0.3 is 18.3 Å². The predicted molar refractivity (Wildman–Crippen MR) is 54.8 cm³/mol. The van der Waals surface area contributed by atoms with Gasteiger partial charge in [0.1, 0.15) is 0 Å². The van der Waals surface area contributed by atoms with Gasteiger partial charge in [0.05, 0.1) is 0 Å². The Morgan fingerprint density at radius 1 is 1.25 bits per heavy atom. The molecule has 0 unspecified atom stereocenters. The van der Waals surface area contributed by atoms with Gasteiger partial charge in [0.2, 0.25) is 0 Å². The van der Waals surface area contributed by atoms with Crippen LogP contribution >= 0.6 is 0 Å². The molecule has 1 N–H and O–H groups in total. The average molecular weight is 253 g/mol. The molecule has 1 aromatic rings. The zero-order valence-corrected chi connectivity index (χ0v) is 12.3. The second-order valence-electron chi connectivity index (χ2n) is 4.01. The Morgan fingerprint density at radius 2 is 1.94 bits per heavy atom. The third-order valence-corrected chi connectivity index (χ3v) is 2.67. The molecular formula is C10H12BF3KN. The van der Waals surface area contributed by atoms with Crippen molar-refractivity contribution in [1.29, 1.82) is 0 Å². The quantitative estimate of drug-likeness (QED) is 0.703. The van der Waals surface area contributed by atoms with Crippen molar-refractivity contribution in [1.82, 2.24) is 5.32 Å². The number of rotatable bonds is 3. The zero-order chi connectivity index (χ0) is 10.9. The molecule has 1 fully saturated rings. The molecule has 1 saturated heterocycles. The van der Waals surface area contributed by atoms with Crippen LogP contribution in [0, 0.1) is 0 Å². The Labute approximate surface area is 136 Å². The van der Waals surface area contributed by atoms with Gasteiger partial charge in [0.15, 0.2) is 0 Å². The maximum atomic E-state index is 12.2. The number of nitrogens with one attached hydrogen (secondary N) is 1. The van der Waals surface area contributed by atoms with Crippen LogP contribution in [0.3, 0.4) is 0 Å². The molecule has 0 saturated carbocycles. The smallest absolute Gasteiger partial charge is 0.449 e. The summed E-state index contributed by atoms with van der Waals surface area (Å²) < 4.78 is 36.7. The van der Waals surface area contributed by atoms with E-state index in [1.807, 2.05) is 6.07 Å². The van der Waals surface area contributed by atoms with Crippen LogP contribution in [0.4, 0.5) is 12.9 Å². The van der Waals surface area contributed by atoms with E-state index in [0.717, 1.165) is 18.7 Å². The van der Waals surface area contributed by atoms with Crippen LogP contribution in [-0.2, 0) is 6.32 Å². The van der Waals surface area contributed by atoms with Gasteiger partial charge in [-0.1, -0.05) is 36.1 Å². The summed E-state index contributed by atoms with van der Waals surface area (Å²) in [5, 5.41) is 3.11. The van der Waals surface area contributed by atoms with Gasteiger partial charge >= 0.3 is 58.4 Å². The van der Waals surface area contributed by atoms with Gasteiger partial charge in [0, 0.05) is 19.0 Å². The van der Waals surface area contributed by atoms with Crippen molar-refractivity contribution in [3.05, 3.63) is 35.4 Å². The molecular weight excluding hydrogens is 241 g/mol. The van der Waals surface area contributed by atoms with Crippen molar-refractivity contribution >= 4 is 6.98 Å². The first kappa shape index (κ1) is 14.7. The van der Waals surface area contributed by atoms with E-state index < -0.39 is 13.3 Å². The van der Waals surface area contributed by atoms with Crippen LogP contribution in [0.1, 0.15) is 17.0 Å². The summed E-state index contributed by atoms with van der Waals surface area (Å²) in [6, 6.07) is 6.84. The van der Waals surface area contributed by atoms with Gasteiger partial charge in [-0.3, -0.25) is 0 Å². The van der Waals surface area contributed by atoms with E-state index in [-0.39, 0.29) is 51.4 Å². The first-order chi connectivity index (χ1) is 7.04. The fourth-order valence-electron chi connectivity index (χ4n) is 1.77. The van der Waals surface area contributed by atoms with Gasteiger partial charge in [0.25, 0.3) is 0 Å². The standard InChI is InChI=1S/C10H12BF3N.K/c12-11(13,14)5-8-2-1-3-9(4-8)10-6-15-7-10;/h1-4,10,15H,5-7H2;/q-1;+1. The van der Waals surface area contributed by atoms with E-state index in [9.17, 15) is 12.9 Å². The van der Waals surface area contributed by atoms with Crippen molar-refractivity contribution in [3.63, 3.8) is 0 Å². The molecule has 0 radical (unpaired) electrons. The molecule has 0 amide bonds. The topological polar surface area (TPSA) is 12.0 Å². The molecule has 1 aliphatic heterocycles. The van der Waals surface area contributed by atoms with Crippen LogP contribution in [0.15, 0.2) is 24.3 Å². The molecule has 0 aliphatic carbocycles. The van der Waals surface area contributed by atoms with E-state index in [1.54, 1.807) is 18.2 Å². The third kappa shape index (κ3) is 4.16. The summed E-state index contributed by atoms with van der Waals surface area (Å²) in [5.41, 5.74) is 1.40. The van der Waals surface area contributed by atoms with E-state index in [0.29, 0.717) is 11.5 Å². The predicted octanol–water partition coefficient (Wildman–Crippen LogP) is -0.693. The molecule has 1 heterocycles. The van der Waals surface area contributed by atoms with Crippen molar-refractivity contribution in [2.24, 2.45) is 0 Å². The minimum absolute atomic E-state index is 0. The Morgan fingerprint density at radius 3 is 2.44 bits per heavy atom. The molecule has 0 bridgehead atoms. The number of hydrogen-bond donors (Lipinski definition) is 1. The SMILES string of the molecule is F[B-](F)(F)Cc1cccc(C2CNC2)c1.[K+]. The first-order valence-corrected chi connectivity index (χ1v) is 5.05. The normalized spacial score (nSPS) is 16.4. The van der Waals surface area contributed by atoms with Crippen molar-refractivity contribution in [2.45, 2.75) is 12.2 Å². The van der Waals surface area contributed by atoms with Gasteiger partial charge in [-0.05, 0) is 5.56 Å². The molecule has 1 aliphatic rings. The van der Waals surface area contributed by atoms with Crippen molar-refractivity contribution < 1.29 is 64.3 Å². The molecule has 0 spiro atoms. The summed E-state index contributed by atoms with van der Waals surface area (Å²) in [4.78, 5) is 0. The summed E-state index contributed by atoms with van der Waals surface area (Å²) in [6.07, 6.45) is -0.770. The molecule has 0 atom stereocenters. The Bertz CT molecular complexity index is 352. The second kappa shape index (κ2) is 6.02. The Balaban J connectivity index is 0.00000128. The van der Waals surface area contributed by atoms with Crippen LogP contribution in [0.5, 0.6) is 0 Å². The number of hydrogen-bond acceptors (Lipinski definition) is 1. The van der Waals surface area contributed by atoms with Crippen LogP contribution in [0.25, 0.3) is 0 Å². The van der Waals surface area contributed by atoms with E-state index in [4.69, 9.17) is 0 Å². The Hall–Kier alpha value is 0.671. The van der Waals surface area contributed by atoms with Gasteiger partial charge in [-0.25, -0.2) is 0 Å². The monoisotopic (exact) mass is 253 g/mol. The molecule has 2 rings (SSSR count). The van der Waals surface area contributed by atoms with Gasteiger partial charge in [-0.2, -0.15) is 0 Å². The molecule has 82 valence electrons. The van der Waals surface area contributed by atoms with E-state index in [2.05, 4.69) is 5.32 Å². The summed E-state index contributed by atoms with van der Waals surface area (Å²) >= 11 is 0. The Kier molecular flexibility index (Phi) is 5.54. The fraction of sp³-hybridized carbons (Fsp3) is 0.400. The average Bonchev–Trinajstić information content (AvgIpc) is 1.97. The summed E-state index contributed by atoms with van der Waals surface area (Å²) in [5.74, 6) is 0.394. The molecule has 6 heteroatoms. The maximum absolute atomic E-state index is 12.2. The minimum atomic E-state index is -4.72. The maximum Gasteiger partial charge on any atom is 1.00 e. The zero-order valence-electron chi connectivity index (χ0n) is 9.22. The van der Waals surface area contributed by atoms with E-state index >= 15 is 0 Å². The van der Waals surface area contributed by atoms with Crippen molar-refractivity contribution in [3.8, 4) is 0 Å². The molecule has 16 heavy (non-hydrogen) atoms. The molecule has 0 aromatic heterocycles. The van der Waals surface area contributed by atoms with Gasteiger partial charge in [-0.15, -0.1) is 0 Å². The second-order valence-corrected chi connectivity index (χ2v) is 4.01. The van der Waals surface area contributed by atoms with Crippen LogP contribution in [0.2, 0.25) is 0 Å². The number of halogens is 3. The third-order valence-electron chi connectivity index (χ3n) is 2.67. The fourth-order valence-corrected chi connectivity index (χ4v) is 1.77. The minimum Gasteiger partial charge on any atom is -0.449 e. The summed E-state index contributed by atoms with van der Waals surface area (Å²) in [6.45, 7) is -2.97. The molecule has 1 aromatic carbocycles. The summed E-state index contributed by atoms with van der Waals surface area (Å²) in [7, 11) is 0. The molecule has 1 nitrogen and oxygen atoms in total.